The normalized spacial score (nSPS) is 9.76. The molecule has 6 heteroatoms. The van der Waals surface area contributed by atoms with Crippen LogP contribution in [-0.4, -0.2) is 36.5 Å². The van der Waals surface area contributed by atoms with Crippen LogP contribution in [0.4, 0.5) is 5.82 Å². The number of carbonyl (C=O) groups is 1. The number of pyridine rings is 1. The smallest absolute Gasteiger partial charge is 0.221 e. The molecule has 0 aromatic carbocycles. The molecule has 0 atom stereocenters. The quantitative estimate of drug-likeness (QED) is 0.737. The molecule has 1 aromatic rings. The largest absolute Gasteiger partial charge is 0.389 e. The topological polar surface area (TPSA) is 71.2 Å². The van der Waals surface area contributed by atoms with Gasteiger partial charge in [-0.3, -0.25) is 4.79 Å². The number of nitrogens with two attached hydrogens (primary N) is 1. The van der Waals surface area contributed by atoms with Crippen LogP contribution in [-0.2, 0) is 4.79 Å². The maximum Gasteiger partial charge on any atom is 0.221 e. The van der Waals surface area contributed by atoms with Crippen molar-refractivity contribution in [3.63, 3.8) is 0 Å². The highest BCUT2D eigenvalue weighted by atomic mass is 32.1. The number of thiocarbonyl (C=S) groups is 1. The summed E-state index contributed by atoms with van der Waals surface area (Å²) < 4.78 is 0. The van der Waals surface area contributed by atoms with E-state index < -0.39 is 0 Å². The van der Waals surface area contributed by atoms with Gasteiger partial charge in [0.25, 0.3) is 0 Å². The minimum absolute atomic E-state index is 0.00218. The Balaban J connectivity index is 2.68. The average Bonchev–Trinajstić information content (AvgIpc) is 2.35. The molecule has 0 bridgehead atoms. The Labute approximate surface area is 106 Å². The van der Waals surface area contributed by atoms with Crippen molar-refractivity contribution < 1.29 is 4.79 Å². The van der Waals surface area contributed by atoms with Gasteiger partial charge in [0.15, 0.2) is 0 Å². The summed E-state index contributed by atoms with van der Waals surface area (Å²) in [4.78, 5) is 17.6. The number of nitrogens with one attached hydrogen (secondary N) is 1. The summed E-state index contributed by atoms with van der Waals surface area (Å²) in [6.45, 7) is 0.591. The molecular formula is C11H16N4OS. The van der Waals surface area contributed by atoms with E-state index in [9.17, 15) is 4.79 Å². The van der Waals surface area contributed by atoms with E-state index in [1.165, 1.54) is 0 Å². The first-order chi connectivity index (χ1) is 8.04. The van der Waals surface area contributed by atoms with Gasteiger partial charge in [0.1, 0.15) is 10.8 Å². The van der Waals surface area contributed by atoms with Crippen LogP contribution >= 0.6 is 12.2 Å². The zero-order valence-corrected chi connectivity index (χ0v) is 10.8. The molecule has 0 aliphatic rings. The predicted molar refractivity (Wildman–Crippen MR) is 72.1 cm³/mol. The molecule has 0 saturated heterocycles. The molecule has 3 N–H and O–H groups in total. The van der Waals surface area contributed by atoms with Gasteiger partial charge in [-0.15, -0.1) is 0 Å². The third-order valence-electron chi connectivity index (χ3n) is 2.37. The van der Waals surface area contributed by atoms with Crippen LogP contribution in [0.25, 0.3) is 0 Å². The van der Waals surface area contributed by atoms with Crippen LogP contribution in [0.15, 0.2) is 18.3 Å². The van der Waals surface area contributed by atoms with Gasteiger partial charge in [0, 0.05) is 38.8 Å². The fraction of sp³-hybridized carbons (Fsp3) is 0.364. The number of rotatable bonds is 5. The lowest BCUT2D eigenvalue weighted by Crippen LogP contribution is -2.27. The first-order valence-electron chi connectivity index (χ1n) is 5.22. The highest BCUT2D eigenvalue weighted by Gasteiger charge is 2.06. The lowest BCUT2D eigenvalue weighted by molar-refractivity contribution is -0.120. The first-order valence-corrected chi connectivity index (χ1v) is 5.63. The molecule has 0 saturated carbocycles. The molecule has 0 aliphatic heterocycles. The summed E-state index contributed by atoms with van der Waals surface area (Å²) in [5.41, 5.74) is 6.32. The minimum Gasteiger partial charge on any atom is -0.389 e. The van der Waals surface area contributed by atoms with Crippen molar-refractivity contribution in [3.8, 4) is 0 Å². The minimum atomic E-state index is 0.00218. The van der Waals surface area contributed by atoms with Gasteiger partial charge in [0.2, 0.25) is 5.91 Å². The number of amides is 1. The Morgan fingerprint density at radius 1 is 1.65 bits per heavy atom. The van der Waals surface area contributed by atoms with Crippen LogP contribution in [0.3, 0.4) is 0 Å². The van der Waals surface area contributed by atoms with Gasteiger partial charge in [-0.1, -0.05) is 12.2 Å². The zero-order valence-electron chi connectivity index (χ0n) is 9.93. The predicted octanol–water partition coefficient (Wildman–Crippen LogP) is 0.288. The zero-order chi connectivity index (χ0) is 12.8. The molecule has 0 fully saturated rings. The molecule has 17 heavy (non-hydrogen) atoms. The molecule has 5 nitrogen and oxygen atoms in total. The van der Waals surface area contributed by atoms with Gasteiger partial charge >= 0.3 is 0 Å². The van der Waals surface area contributed by atoms with Crippen LogP contribution < -0.4 is 16.0 Å². The van der Waals surface area contributed by atoms with Crippen LogP contribution in [0.5, 0.6) is 0 Å². The van der Waals surface area contributed by atoms with E-state index >= 15 is 0 Å². The number of hydrogen-bond acceptors (Lipinski definition) is 4. The van der Waals surface area contributed by atoms with Crippen LogP contribution in [0.1, 0.15) is 12.0 Å². The summed E-state index contributed by atoms with van der Waals surface area (Å²) in [7, 11) is 3.49. The van der Waals surface area contributed by atoms with E-state index in [2.05, 4.69) is 10.3 Å². The molecular weight excluding hydrogens is 236 g/mol. The third kappa shape index (κ3) is 3.99. The van der Waals surface area contributed by atoms with E-state index in [1.807, 2.05) is 18.0 Å². The van der Waals surface area contributed by atoms with Gasteiger partial charge in [-0.25, -0.2) is 4.98 Å². The highest BCUT2D eigenvalue weighted by Crippen LogP contribution is 2.11. The summed E-state index contributed by atoms with van der Waals surface area (Å²) in [6, 6.07) is 3.57. The van der Waals surface area contributed by atoms with E-state index in [4.69, 9.17) is 18.0 Å². The Morgan fingerprint density at radius 2 is 2.35 bits per heavy atom. The molecule has 1 amide bonds. The molecule has 92 valence electrons. The second-order valence-corrected chi connectivity index (χ2v) is 4.05. The van der Waals surface area contributed by atoms with Crippen molar-refractivity contribution in [2.75, 3.05) is 25.5 Å². The molecule has 0 unspecified atom stereocenters. The van der Waals surface area contributed by atoms with Crippen molar-refractivity contribution in [1.82, 2.24) is 10.3 Å². The lowest BCUT2D eigenvalue weighted by atomic mass is 10.2. The van der Waals surface area contributed by atoms with E-state index in [0.29, 0.717) is 18.0 Å². The first kappa shape index (κ1) is 13.4. The summed E-state index contributed by atoms with van der Waals surface area (Å²) in [5.74, 6) is 0.751. The van der Waals surface area contributed by atoms with Crippen molar-refractivity contribution >= 4 is 28.9 Å². The fourth-order valence-corrected chi connectivity index (χ4v) is 1.42. The Morgan fingerprint density at radius 3 is 2.94 bits per heavy atom. The van der Waals surface area contributed by atoms with Crippen molar-refractivity contribution in [3.05, 3.63) is 23.9 Å². The third-order valence-corrected chi connectivity index (χ3v) is 2.61. The van der Waals surface area contributed by atoms with Crippen molar-refractivity contribution in [2.45, 2.75) is 6.42 Å². The summed E-state index contributed by atoms with van der Waals surface area (Å²) in [6.07, 6.45) is 2.08. The van der Waals surface area contributed by atoms with E-state index in [1.54, 1.807) is 19.3 Å². The average molecular weight is 252 g/mol. The molecule has 1 rings (SSSR count). The Kier molecular flexibility index (Phi) is 4.84. The number of anilines is 1. The number of carbonyl (C=O) groups excluding carboxylic acids is 1. The number of aromatic nitrogens is 1. The SMILES string of the molecule is CNC(=O)CCN(C)c1cc(C(N)=S)ccn1. The van der Waals surface area contributed by atoms with E-state index in [-0.39, 0.29) is 5.91 Å². The van der Waals surface area contributed by atoms with Crippen LogP contribution in [0.2, 0.25) is 0 Å². The molecule has 0 radical (unpaired) electrons. The van der Waals surface area contributed by atoms with Gasteiger partial charge in [0.05, 0.1) is 0 Å². The lowest BCUT2D eigenvalue weighted by Gasteiger charge is -2.18. The van der Waals surface area contributed by atoms with E-state index in [0.717, 1.165) is 11.4 Å². The Hall–Kier alpha value is -1.69. The van der Waals surface area contributed by atoms with Crippen LogP contribution in [0, 0.1) is 0 Å². The molecule has 0 spiro atoms. The maximum atomic E-state index is 11.1. The van der Waals surface area contributed by atoms with Crippen molar-refractivity contribution in [2.24, 2.45) is 5.73 Å². The molecule has 1 heterocycles. The summed E-state index contributed by atoms with van der Waals surface area (Å²) >= 11 is 4.90. The number of hydrogen-bond donors (Lipinski definition) is 2. The molecule has 0 aliphatic carbocycles. The highest BCUT2D eigenvalue weighted by molar-refractivity contribution is 7.80. The summed E-state index contributed by atoms with van der Waals surface area (Å²) in [5, 5.41) is 2.57. The van der Waals surface area contributed by atoms with Gasteiger partial charge < -0.3 is 16.0 Å². The van der Waals surface area contributed by atoms with Gasteiger partial charge in [-0.2, -0.15) is 0 Å². The Bertz CT molecular complexity index is 422. The second-order valence-electron chi connectivity index (χ2n) is 3.61. The standard InChI is InChI=1S/C11H16N4OS/c1-13-10(16)4-6-15(2)9-7-8(11(12)17)3-5-14-9/h3,5,7H,4,6H2,1-2H3,(H2,12,17)(H,13,16). The second kappa shape index (κ2) is 6.15. The molecule has 1 aromatic heterocycles. The monoisotopic (exact) mass is 252 g/mol. The van der Waals surface area contributed by atoms with Gasteiger partial charge in [-0.05, 0) is 12.1 Å². The fourth-order valence-electron chi connectivity index (χ4n) is 1.29. The number of nitrogens with zero attached hydrogens (tertiary/aromatic N) is 2. The van der Waals surface area contributed by atoms with Crippen molar-refractivity contribution in [1.29, 1.82) is 0 Å². The maximum absolute atomic E-state index is 11.1.